The molecule has 1 amide bonds. The third-order valence-corrected chi connectivity index (χ3v) is 3.78. The lowest BCUT2D eigenvalue weighted by molar-refractivity contribution is -0.137. The molecule has 1 aromatic heterocycles. The monoisotopic (exact) mass is 325 g/mol. The molecular weight excluding hydrogens is 311 g/mol. The lowest BCUT2D eigenvalue weighted by Gasteiger charge is -2.08. The maximum atomic E-state index is 12.5. The molecule has 1 saturated carbocycles. The van der Waals surface area contributed by atoms with Crippen molar-refractivity contribution in [2.24, 2.45) is 0 Å². The SMILES string of the molecule is O=C(NC1CCCC1)c1nc(-c2ccc(C(F)(F)F)cc2)no1. The first kappa shape index (κ1) is 15.5. The average molecular weight is 325 g/mol. The number of aromatic nitrogens is 2. The number of hydrogen-bond donors (Lipinski definition) is 1. The molecule has 1 aliphatic rings. The standard InChI is InChI=1S/C15H14F3N3O2/c16-15(17,18)10-7-5-9(6-8-10)12-20-14(23-21-12)13(22)19-11-3-1-2-4-11/h5-8,11H,1-4H2,(H,19,22). The van der Waals surface area contributed by atoms with E-state index in [9.17, 15) is 18.0 Å². The first-order valence-electron chi connectivity index (χ1n) is 7.26. The Kier molecular flexibility index (Phi) is 4.06. The van der Waals surface area contributed by atoms with E-state index in [1.165, 1.54) is 12.1 Å². The molecule has 2 aromatic rings. The van der Waals surface area contributed by atoms with Gasteiger partial charge in [0.05, 0.1) is 5.56 Å². The Labute approximate surface area is 129 Å². The maximum absolute atomic E-state index is 12.5. The molecule has 0 atom stereocenters. The Hall–Kier alpha value is -2.38. The molecule has 5 nitrogen and oxygen atoms in total. The van der Waals surface area contributed by atoms with Gasteiger partial charge in [-0.3, -0.25) is 4.79 Å². The number of carbonyl (C=O) groups is 1. The number of rotatable bonds is 3. The largest absolute Gasteiger partial charge is 0.416 e. The third kappa shape index (κ3) is 3.52. The van der Waals surface area contributed by atoms with Crippen molar-refractivity contribution in [3.8, 4) is 11.4 Å². The highest BCUT2D eigenvalue weighted by molar-refractivity contribution is 5.90. The van der Waals surface area contributed by atoms with Crippen molar-refractivity contribution in [3.63, 3.8) is 0 Å². The van der Waals surface area contributed by atoms with Crippen LogP contribution in [0, 0.1) is 0 Å². The highest BCUT2D eigenvalue weighted by Crippen LogP contribution is 2.30. The van der Waals surface area contributed by atoms with Crippen LogP contribution in [0.3, 0.4) is 0 Å². The predicted molar refractivity (Wildman–Crippen MR) is 74.5 cm³/mol. The van der Waals surface area contributed by atoms with Gasteiger partial charge in [-0.1, -0.05) is 30.1 Å². The molecule has 1 fully saturated rings. The van der Waals surface area contributed by atoms with Crippen molar-refractivity contribution in [2.75, 3.05) is 0 Å². The Morgan fingerprint density at radius 3 is 2.43 bits per heavy atom. The summed E-state index contributed by atoms with van der Waals surface area (Å²) in [6.07, 6.45) is -0.406. The minimum Gasteiger partial charge on any atom is -0.345 e. The number of alkyl halides is 3. The van der Waals surface area contributed by atoms with Crippen molar-refractivity contribution in [3.05, 3.63) is 35.7 Å². The van der Waals surface area contributed by atoms with Gasteiger partial charge in [-0.25, -0.2) is 0 Å². The maximum Gasteiger partial charge on any atom is 0.416 e. The molecular formula is C15H14F3N3O2. The summed E-state index contributed by atoms with van der Waals surface area (Å²) >= 11 is 0. The first-order chi connectivity index (χ1) is 10.9. The molecule has 1 aliphatic carbocycles. The summed E-state index contributed by atoms with van der Waals surface area (Å²) in [6, 6.07) is 4.47. The van der Waals surface area contributed by atoms with Gasteiger partial charge in [-0.2, -0.15) is 18.2 Å². The summed E-state index contributed by atoms with van der Waals surface area (Å²) in [6.45, 7) is 0. The van der Waals surface area contributed by atoms with Gasteiger partial charge in [0.2, 0.25) is 5.82 Å². The fourth-order valence-corrected chi connectivity index (χ4v) is 2.56. The molecule has 3 rings (SSSR count). The number of benzene rings is 1. The summed E-state index contributed by atoms with van der Waals surface area (Å²) in [7, 11) is 0. The van der Waals surface area contributed by atoms with Crippen LogP contribution in [0.5, 0.6) is 0 Å². The molecule has 1 aromatic carbocycles. The van der Waals surface area contributed by atoms with E-state index in [-0.39, 0.29) is 17.8 Å². The van der Waals surface area contributed by atoms with E-state index >= 15 is 0 Å². The highest BCUT2D eigenvalue weighted by atomic mass is 19.4. The van der Waals surface area contributed by atoms with Crippen molar-refractivity contribution in [1.82, 2.24) is 15.5 Å². The second-order valence-electron chi connectivity index (χ2n) is 5.45. The Bertz CT molecular complexity index is 689. The van der Waals surface area contributed by atoms with Crippen LogP contribution in [-0.4, -0.2) is 22.1 Å². The summed E-state index contributed by atoms with van der Waals surface area (Å²) in [5.74, 6) is -0.565. The van der Waals surface area contributed by atoms with Gasteiger partial charge < -0.3 is 9.84 Å². The van der Waals surface area contributed by atoms with Crippen LogP contribution in [0.2, 0.25) is 0 Å². The fourth-order valence-electron chi connectivity index (χ4n) is 2.56. The zero-order valence-electron chi connectivity index (χ0n) is 12.1. The zero-order chi connectivity index (χ0) is 16.4. The van der Waals surface area contributed by atoms with Crippen molar-refractivity contribution < 1.29 is 22.5 Å². The number of nitrogens with zero attached hydrogens (tertiary/aromatic N) is 2. The lowest BCUT2D eigenvalue weighted by Crippen LogP contribution is -2.32. The molecule has 0 unspecified atom stereocenters. The summed E-state index contributed by atoms with van der Waals surface area (Å²) in [4.78, 5) is 15.9. The number of carbonyl (C=O) groups excluding carboxylic acids is 1. The number of hydrogen-bond acceptors (Lipinski definition) is 4. The van der Waals surface area contributed by atoms with Crippen LogP contribution in [0.1, 0.15) is 41.9 Å². The van der Waals surface area contributed by atoms with Crippen molar-refractivity contribution >= 4 is 5.91 Å². The Balaban J connectivity index is 1.72. The number of nitrogens with one attached hydrogen (secondary N) is 1. The van der Waals surface area contributed by atoms with Gasteiger partial charge in [0.15, 0.2) is 0 Å². The first-order valence-corrected chi connectivity index (χ1v) is 7.26. The van der Waals surface area contributed by atoms with Gasteiger partial charge >= 0.3 is 18.0 Å². The van der Waals surface area contributed by atoms with Crippen molar-refractivity contribution in [2.45, 2.75) is 37.9 Å². The van der Waals surface area contributed by atoms with E-state index in [4.69, 9.17) is 4.52 Å². The minimum absolute atomic E-state index is 0.0790. The second kappa shape index (κ2) is 6.02. The molecule has 1 N–H and O–H groups in total. The van der Waals surface area contributed by atoms with E-state index in [2.05, 4.69) is 15.5 Å². The van der Waals surface area contributed by atoms with E-state index in [0.717, 1.165) is 37.8 Å². The van der Waals surface area contributed by atoms with Crippen molar-refractivity contribution in [1.29, 1.82) is 0 Å². The number of amides is 1. The van der Waals surface area contributed by atoms with E-state index < -0.39 is 17.6 Å². The quantitative estimate of drug-likeness (QED) is 0.939. The smallest absolute Gasteiger partial charge is 0.345 e. The minimum atomic E-state index is -4.40. The second-order valence-corrected chi connectivity index (χ2v) is 5.45. The molecule has 0 bridgehead atoms. The van der Waals surface area contributed by atoms with Crippen LogP contribution < -0.4 is 5.32 Å². The molecule has 122 valence electrons. The predicted octanol–water partition coefficient (Wildman–Crippen LogP) is 3.43. The van der Waals surface area contributed by atoms with Crippen LogP contribution >= 0.6 is 0 Å². The average Bonchev–Trinajstić information content (AvgIpc) is 3.17. The summed E-state index contributed by atoms with van der Waals surface area (Å²) < 4.78 is 42.5. The van der Waals surface area contributed by atoms with Crippen LogP contribution in [0.4, 0.5) is 13.2 Å². The molecule has 0 saturated heterocycles. The zero-order valence-corrected chi connectivity index (χ0v) is 12.1. The fraction of sp³-hybridized carbons (Fsp3) is 0.400. The van der Waals surface area contributed by atoms with Crippen LogP contribution in [-0.2, 0) is 6.18 Å². The van der Waals surface area contributed by atoms with E-state index in [1.807, 2.05) is 0 Å². The number of halogens is 3. The van der Waals surface area contributed by atoms with E-state index in [1.54, 1.807) is 0 Å². The summed E-state index contributed by atoms with van der Waals surface area (Å²) in [5, 5.41) is 6.45. The highest BCUT2D eigenvalue weighted by Gasteiger charge is 2.30. The van der Waals surface area contributed by atoms with Gasteiger partial charge in [0.1, 0.15) is 0 Å². The molecule has 1 heterocycles. The van der Waals surface area contributed by atoms with Gasteiger partial charge in [-0.05, 0) is 25.0 Å². The Morgan fingerprint density at radius 1 is 1.17 bits per heavy atom. The Morgan fingerprint density at radius 2 is 1.83 bits per heavy atom. The van der Waals surface area contributed by atoms with Gasteiger partial charge in [-0.15, -0.1) is 0 Å². The third-order valence-electron chi connectivity index (χ3n) is 3.78. The summed E-state index contributed by atoms with van der Waals surface area (Å²) in [5.41, 5.74) is -0.411. The molecule has 8 heteroatoms. The lowest BCUT2D eigenvalue weighted by atomic mass is 10.1. The van der Waals surface area contributed by atoms with Gasteiger partial charge in [0, 0.05) is 11.6 Å². The van der Waals surface area contributed by atoms with Crippen LogP contribution in [0.25, 0.3) is 11.4 Å². The van der Waals surface area contributed by atoms with E-state index in [0.29, 0.717) is 5.56 Å². The topological polar surface area (TPSA) is 68.0 Å². The molecule has 23 heavy (non-hydrogen) atoms. The molecule has 0 radical (unpaired) electrons. The molecule has 0 aliphatic heterocycles. The molecule has 0 spiro atoms. The van der Waals surface area contributed by atoms with Crippen LogP contribution in [0.15, 0.2) is 28.8 Å². The van der Waals surface area contributed by atoms with Gasteiger partial charge in [0.25, 0.3) is 0 Å². The normalized spacial score (nSPS) is 15.8.